The monoisotopic (exact) mass is 436 g/mol. The standard InChI is InChI=1S/C31H20N2O/c34-31-24-13-5-4-11-20(24)22-14-8-15-23-26-18-28-25(17-29(26)33(31)30(22)23)21-12-6-7-16-27(21)32(28)19-9-2-1-3-10-19/h1-18,26,29H. The van der Waals surface area contributed by atoms with Crippen molar-refractivity contribution < 1.29 is 0 Å². The van der Waals surface area contributed by atoms with Crippen LogP contribution in [0, 0.1) is 0 Å². The molecule has 0 radical (unpaired) electrons. The quantitative estimate of drug-likeness (QED) is 0.333. The van der Waals surface area contributed by atoms with Crippen LogP contribution in [0.25, 0.3) is 50.4 Å². The zero-order chi connectivity index (χ0) is 22.4. The molecule has 2 unspecified atom stereocenters. The minimum absolute atomic E-state index is 0.0282. The third kappa shape index (κ3) is 2.14. The molecule has 0 spiro atoms. The summed E-state index contributed by atoms with van der Waals surface area (Å²) < 4.78 is 4.41. The van der Waals surface area contributed by atoms with Crippen LogP contribution in [0.1, 0.15) is 17.5 Å². The lowest BCUT2D eigenvalue weighted by Crippen LogP contribution is -2.35. The van der Waals surface area contributed by atoms with Crippen LogP contribution < -0.4 is 16.1 Å². The van der Waals surface area contributed by atoms with E-state index in [9.17, 15) is 4.79 Å². The summed E-state index contributed by atoms with van der Waals surface area (Å²) in [5.74, 6) is 0.118. The summed E-state index contributed by atoms with van der Waals surface area (Å²) in [7, 11) is 0. The van der Waals surface area contributed by atoms with Gasteiger partial charge in [0.15, 0.2) is 0 Å². The molecular weight excluding hydrogens is 416 g/mol. The van der Waals surface area contributed by atoms with Gasteiger partial charge in [-0.3, -0.25) is 9.36 Å². The number of fused-ring (bicyclic) bond motifs is 8. The molecule has 6 aromatic rings. The van der Waals surface area contributed by atoms with Gasteiger partial charge in [0, 0.05) is 33.0 Å². The highest BCUT2D eigenvalue weighted by Gasteiger charge is 2.35. The molecule has 160 valence electrons. The van der Waals surface area contributed by atoms with Gasteiger partial charge in [0.1, 0.15) is 0 Å². The van der Waals surface area contributed by atoms with E-state index >= 15 is 0 Å². The van der Waals surface area contributed by atoms with Crippen LogP contribution in [-0.2, 0) is 0 Å². The molecule has 0 N–H and O–H groups in total. The first-order valence-electron chi connectivity index (χ1n) is 11.8. The normalized spacial score (nSPS) is 18.0. The number of para-hydroxylation sites is 3. The number of pyridine rings is 1. The zero-order valence-electron chi connectivity index (χ0n) is 18.3. The zero-order valence-corrected chi connectivity index (χ0v) is 18.3. The van der Waals surface area contributed by atoms with Crippen molar-refractivity contribution in [3.8, 4) is 5.69 Å². The summed E-state index contributed by atoms with van der Waals surface area (Å²) in [5.41, 5.74) is 4.75. The lowest BCUT2D eigenvalue weighted by molar-refractivity contribution is 0.631. The number of aromatic nitrogens is 2. The summed E-state index contributed by atoms with van der Waals surface area (Å²) in [6, 6.07) is 33.6. The van der Waals surface area contributed by atoms with Crippen molar-refractivity contribution in [2.75, 3.05) is 0 Å². The van der Waals surface area contributed by atoms with Gasteiger partial charge in [-0.15, -0.1) is 0 Å². The summed E-state index contributed by atoms with van der Waals surface area (Å²) in [5, 5.41) is 6.62. The maximum atomic E-state index is 13.8. The van der Waals surface area contributed by atoms with Gasteiger partial charge >= 0.3 is 0 Å². The highest BCUT2D eigenvalue weighted by atomic mass is 16.1. The molecule has 2 aromatic heterocycles. The van der Waals surface area contributed by atoms with Crippen LogP contribution in [0.2, 0.25) is 0 Å². The van der Waals surface area contributed by atoms with E-state index in [0.717, 1.165) is 27.4 Å². The van der Waals surface area contributed by atoms with E-state index in [2.05, 4.69) is 95.6 Å². The lowest BCUT2D eigenvalue weighted by atomic mass is 9.90. The first-order chi connectivity index (χ1) is 16.8. The lowest BCUT2D eigenvalue weighted by Gasteiger charge is -2.19. The van der Waals surface area contributed by atoms with Gasteiger partial charge in [-0.2, -0.15) is 0 Å². The number of hydrogen-bond donors (Lipinski definition) is 0. The van der Waals surface area contributed by atoms with Crippen LogP contribution in [0.3, 0.4) is 0 Å². The van der Waals surface area contributed by atoms with Gasteiger partial charge in [0.25, 0.3) is 5.56 Å². The van der Waals surface area contributed by atoms with Crippen LogP contribution in [0.4, 0.5) is 0 Å². The average molecular weight is 437 g/mol. The minimum atomic E-state index is -0.0282. The Kier molecular flexibility index (Phi) is 3.39. The maximum absolute atomic E-state index is 13.8. The Balaban J connectivity index is 1.54. The summed E-state index contributed by atoms with van der Waals surface area (Å²) >= 11 is 0. The van der Waals surface area contributed by atoms with E-state index in [4.69, 9.17) is 0 Å². The number of hydrogen-bond acceptors (Lipinski definition) is 1. The van der Waals surface area contributed by atoms with E-state index in [0.29, 0.717) is 0 Å². The summed E-state index contributed by atoms with van der Waals surface area (Å²) in [6.45, 7) is 0. The Hall–Kier alpha value is -4.37. The molecule has 0 fully saturated rings. The van der Waals surface area contributed by atoms with E-state index in [1.165, 1.54) is 27.0 Å². The van der Waals surface area contributed by atoms with Crippen molar-refractivity contribution >= 4 is 44.7 Å². The Morgan fingerprint density at radius 1 is 0.618 bits per heavy atom. The molecule has 4 aromatic carbocycles. The Labute approximate surface area is 195 Å². The van der Waals surface area contributed by atoms with Crippen molar-refractivity contribution in [2.24, 2.45) is 0 Å². The molecule has 3 heteroatoms. The molecule has 3 nitrogen and oxygen atoms in total. The fourth-order valence-electron chi connectivity index (χ4n) is 6.27. The molecule has 34 heavy (non-hydrogen) atoms. The second-order valence-electron chi connectivity index (χ2n) is 9.30. The Morgan fingerprint density at radius 2 is 1.32 bits per heavy atom. The van der Waals surface area contributed by atoms with Gasteiger partial charge in [-0.25, -0.2) is 0 Å². The van der Waals surface area contributed by atoms with Gasteiger partial charge in [0.05, 0.1) is 22.4 Å². The topological polar surface area (TPSA) is 26.9 Å². The fourth-order valence-corrected chi connectivity index (χ4v) is 6.27. The van der Waals surface area contributed by atoms with E-state index in [1.807, 2.05) is 22.8 Å². The van der Waals surface area contributed by atoms with Crippen molar-refractivity contribution in [3.63, 3.8) is 0 Å². The predicted octanol–water partition coefficient (Wildman–Crippen LogP) is 5.01. The average Bonchev–Trinajstić information content (AvgIpc) is 3.40. The van der Waals surface area contributed by atoms with Gasteiger partial charge in [-0.1, -0.05) is 78.9 Å². The highest BCUT2D eigenvalue weighted by Crippen LogP contribution is 2.44. The third-order valence-corrected chi connectivity index (χ3v) is 7.64. The summed E-state index contributed by atoms with van der Waals surface area (Å²) in [6.07, 6.45) is 4.72. The van der Waals surface area contributed by atoms with Crippen LogP contribution in [-0.4, -0.2) is 9.13 Å². The second kappa shape index (κ2) is 6.36. The van der Waals surface area contributed by atoms with E-state index in [-0.39, 0.29) is 17.5 Å². The minimum Gasteiger partial charge on any atom is -0.310 e. The fraction of sp³-hybridized carbons (Fsp3) is 0.0645. The van der Waals surface area contributed by atoms with Crippen LogP contribution >= 0.6 is 0 Å². The number of benzene rings is 4. The van der Waals surface area contributed by atoms with Gasteiger partial charge in [0.2, 0.25) is 0 Å². The molecule has 1 aliphatic heterocycles. The third-order valence-electron chi connectivity index (χ3n) is 7.64. The van der Waals surface area contributed by atoms with Crippen LogP contribution in [0.15, 0.2) is 102 Å². The highest BCUT2D eigenvalue weighted by molar-refractivity contribution is 6.08. The van der Waals surface area contributed by atoms with Crippen molar-refractivity contribution in [3.05, 3.63) is 124 Å². The molecule has 0 saturated heterocycles. The summed E-state index contributed by atoms with van der Waals surface area (Å²) in [4.78, 5) is 13.8. The molecule has 0 bridgehead atoms. The molecule has 3 heterocycles. The Bertz CT molecular complexity index is 1990. The second-order valence-corrected chi connectivity index (χ2v) is 9.30. The molecular formula is C31H20N2O. The van der Waals surface area contributed by atoms with Crippen molar-refractivity contribution in [2.45, 2.75) is 12.0 Å². The number of nitrogens with zero attached hydrogens (tertiary/aromatic N) is 2. The predicted molar refractivity (Wildman–Crippen MR) is 139 cm³/mol. The van der Waals surface area contributed by atoms with Gasteiger partial charge in [-0.05, 0) is 41.3 Å². The largest absolute Gasteiger partial charge is 0.310 e. The van der Waals surface area contributed by atoms with Gasteiger partial charge < -0.3 is 4.57 Å². The molecule has 2 atom stereocenters. The van der Waals surface area contributed by atoms with Crippen molar-refractivity contribution in [1.82, 2.24) is 9.13 Å². The SMILES string of the molecule is O=c1c2ccccc2c2cccc3c2n1C1C=c2c(n(-c4ccccc4)c4ccccc24)=CC31. The number of rotatable bonds is 1. The smallest absolute Gasteiger partial charge is 0.259 e. The van der Waals surface area contributed by atoms with E-state index in [1.54, 1.807) is 0 Å². The molecule has 2 aliphatic rings. The maximum Gasteiger partial charge on any atom is 0.259 e. The Morgan fingerprint density at radius 3 is 2.18 bits per heavy atom. The van der Waals surface area contributed by atoms with Crippen LogP contribution in [0.5, 0.6) is 0 Å². The molecule has 1 aliphatic carbocycles. The van der Waals surface area contributed by atoms with E-state index < -0.39 is 0 Å². The molecule has 0 amide bonds. The van der Waals surface area contributed by atoms with Crippen molar-refractivity contribution in [1.29, 1.82) is 0 Å². The first-order valence-corrected chi connectivity index (χ1v) is 11.8. The molecule has 8 rings (SSSR count). The first kappa shape index (κ1) is 18.1. The molecule has 0 saturated carbocycles.